The van der Waals surface area contributed by atoms with Crippen molar-refractivity contribution in [2.75, 3.05) is 0 Å². The summed E-state index contributed by atoms with van der Waals surface area (Å²) in [5, 5.41) is 15.0. The second-order valence-electron chi connectivity index (χ2n) is 6.48. The number of aliphatic hydroxyl groups is 2. The predicted octanol–water partition coefficient (Wildman–Crippen LogP) is 4.41. The van der Waals surface area contributed by atoms with Gasteiger partial charge in [0.05, 0.1) is 0 Å². The van der Waals surface area contributed by atoms with E-state index in [1.54, 1.807) is 0 Å². The molecule has 4 nitrogen and oxygen atoms in total. The molecule has 0 aromatic rings. The summed E-state index contributed by atoms with van der Waals surface area (Å²) in [7, 11) is 0. The molecule has 0 aliphatic rings. The zero-order valence-electron chi connectivity index (χ0n) is 20.2. The molecular weight excluding hydrogens is 1240 g/mol. The fourth-order valence-corrected chi connectivity index (χ4v) is 0. The Labute approximate surface area is 268 Å². The Hall–Kier alpha value is 4.05. The van der Waals surface area contributed by atoms with Crippen LogP contribution in [0.2, 0.25) is 0 Å². The van der Waals surface area contributed by atoms with Gasteiger partial charge in [-0.15, -0.1) is 0 Å². The van der Waals surface area contributed by atoms with Gasteiger partial charge in [0.2, 0.25) is 0 Å². The van der Waals surface area contributed by atoms with Gasteiger partial charge in [0.1, 0.15) is 0 Å². The van der Waals surface area contributed by atoms with E-state index in [1.165, 1.54) is 23.7 Å². The van der Waals surface area contributed by atoms with E-state index in [-0.39, 0.29) is 143 Å². The topological polar surface area (TPSA) is 103 Å². The molecule has 0 aromatic heterocycles. The molecule has 0 aliphatic carbocycles. The van der Waals surface area contributed by atoms with Crippen LogP contribution in [0.5, 0.6) is 0 Å². The van der Waals surface area contributed by atoms with Crippen LogP contribution in [0.3, 0.4) is 0 Å². The largest absolute Gasteiger partial charge is 3.00 e. The summed E-state index contributed by atoms with van der Waals surface area (Å²) < 4.78 is 0. The molecule has 0 spiro atoms. The molecule has 165 valence electrons. The fraction of sp³-hybridized carbons (Fsp3) is 0.684. The van der Waals surface area contributed by atoms with Gasteiger partial charge in [0.25, 0.3) is 0 Å². The van der Waals surface area contributed by atoms with Crippen molar-refractivity contribution in [3.63, 3.8) is 0 Å². The average Bonchev–Trinajstić information content (AvgIpc) is 1.94. The molecule has 0 rings (SSSR count). The van der Waals surface area contributed by atoms with Crippen molar-refractivity contribution in [1.82, 2.24) is 0 Å². The summed E-state index contributed by atoms with van der Waals surface area (Å²) in [4.78, 5) is 0. The molecular formula is C19H48O4U4-. The molecule has 0 amide bonds. The summed E-state index contributed by atoms with van der Waals surface area (Å²) in [5.41, 5.74) is 0. The Morgan fingerprint density at radius 1 is 0.556 bits per heavy atom. The minimum absolute atomic E-state index is 0. The first kappa shape index (κ1) is 77.3. The van der Waals surface area contributed by atoms with Crippen molar-refractivity contribution in [2.24, 2.45) is 0 Å². The van der Waals surface area contributed by atoms with Gasteiger partial charge in [-0.05, 0) is 0 Å². The van der Waals surface area contributed by atoms with Crippen LogP contribution < -0.4 is 0 Å². The van der Waals surface area contributed by atoms with Crippen LogP contribution in [0.15, 0.2) is 0 Å². The summed E-state index contributed by atoms with van der Waals surface area (Å²) in [6, 6.07) is 0. The first-order chi connectivity index (χ1) is 8.66. The molecule has 0 bridgehead atoms. The molecule has 8 heteroatoms. The SMILES string of the molecule is C[C-](C)C.C[C-](C)C.C[C-](C)C.C[C-](C)C.O.O.[CH2-]C(O)O.[CH3-].[U+2].[U+3].[U].[U]. The van der Waals surface area contributed by atoms with Crippen LogP contribution >= 0.6 is 0 Å². The van der Waals surface area contributed by atoms with Gasteiger partial charge in [0, 0.05) is 68.5 Å². The van der Waals surface area contributed by atoms with Crippen molar-refractivity contribution in [3.05, 3.63) is 38.0 Å². The molecule has 0 saturated carbocycles. The van der Waals surface area contributed by atoms with Gasteiger partial charge in [-0.25, -0.2) is 0 Å². The van der Waals surface area contributed by atoms with Gasteiger partial charge >= 0.3 is 62.2 Å². The van der Waals surface area contributed by atoms with Gasteiger partial charge in [-0.2, -0.15) is 83.1 Å². The summed E-state index contributed by atoms with van der Waals surface area (Å²) in [6.07, 6.45) is -1.42. The molecule has 0 heterocycles. The van der Waals surface area contributed by atoms with Gasteiger partial charge in [0.15, 0.2) is 0 Å². The number of aliphatic hydroxyl groups excluding tert-OH is 1. The fourth-order valence-electron chi connectivity index (χ4n) is 0. The molecule has 0 saturated heterocycles. The van der Waals surface area contributed by atoms with Gasteiger partial charge < -0.3 is 52.3 Å². The first-order valence-corrected chi connectivity index (χ1v) is 6.92. The van der Waals surface area contributed by atoms with E-state index >= 15 is 0 Å². The van der Waals surface area contributed by atoms with Gasteiger partial charge in [-0.1, -0.05) is 0 Å². The normalized spacial score (nSPS) is 6.67. The Balaban J connectivity index is -0.00000000978. The van der Waals surface area contributed by atoms with E-state index in [0.717, 1.165) is 0 Å². The van der Waals surface area contributed by atoms with E-state index in [2.05, 4.69) is 90.0 Å². The molecule has 1 radical (unpaired) electrons. The smallest absolute Gasteiger partial charge is 0.412 e. The summed E-state index contributed by atoms with van der Waals surface area (Å²) in [5.74, 6) is 5.67. The molecule has 0 fully saturated rings. The minimum atomic E-state index is -1.42. The first-order valence-electron chi connectivity index (χ1n) is 6.92. The third-order valence-electron chi connectivity index (χ3n) is 0. The monoisotopic (exact) mass is 1290 g/mol. The van der Waals surface area contributed by atoms with Crippen molar-refractivity contribution in [2.45, 2.75) is 89.4 Å². The zero-order chi connectivity index (χ0) is 17.9. The average molecular weight is 1290 g/mol. The maximum atomic E-state index is 7.50. The van der Waals surface area contributed by atoms with Gasteiger partial charge in [-0.3, -0.25) is 6.92 Å². The Morgan fingerprint density at radius 2 is 0.556 bits per heavy atom. The van der Waals surface area contributed by atoms with Crippen LogP contribution in [0.1, 0.15) is 83.1 Å². The summed E-state index contributed by atoms with van der Waals surface area (Å²) >= 11 is 0. The van der Waals surface area contributed by atoms with E-state index in [1.807, 2.05) is 0 Å². The van der Waals surface area contributed by atoms with Crippen LogP contribution in [0.25, 0.3) is 0 Å². The van der Waals surface area contributed by atoms with E-state index < -0.39 is 6.29 Å². The third-order valence-corrected chi connectivity index (χ3v) is 0. The molecule has 0 atom stereocenters. The van der Waals surface area contributed by atoms with Crippen molar-refractivity contribution < 1.29 is 146 Å². The molecule has 27 heavy (non-hydrogen) atoms. The quantitative estimate of drug-likeness (QED) is 0.278. The van der Waals surface area contributed by atoms with Crippen LogP contribution in [-0.4, -0.2) is 27.5 Å². The Morgan fingerprint density at radius 3 is 0.556 bits per heavy atom. The molecule has 0 aromatic carbocycles. The molecule has 0 unspecified atom stereocenters. The maximum absolute atomic E-state index is 7.50. The van der Waals surface area contributed by atoms with E-state index in [9.17, 15) is 0 Å². The van der Waals surface area contributed by atoms with Crippen LogP contribution in [0, 0.1) is 162 Å². The van der Waals surface area contributed by atoms with Crippen molar-refractivity contribution in [3.8, 4) is 0 Å². The third kappa shape index (κ3) is 1440. The molecule has 0 aliphatic heterocycles. The number of hydrogen-bond acceptors (Lipinski definition) is 2. The number of hydrogen-bond donors (Lipinski definition) is 2. The predicted molar refractivity (Wildman–Crippen MR) is 108 cm³/mol. The Kier molecular flexibility index (Phi) is 200. The van der Waals surface area contributed by atoms with E-state index in [4.69, 9.17) is 10.2 Å². The van der Waals surface area contributed by atoms with Crippen molar-refractivity contribution >= 4 is 0 Å². The van der Waals surface area contributed by atoms with Crippen LogP contribution in [-0.2, 0) is 0 Å². The van der Waals surface area contributed by atoms with Crippen molar-refractivity contribution in [1.29, 1.82) is 0 Å². The number of rotatable bonds is 0. The second-order valence-corrected chi connectivity index (χ2v) is 6.48. The minimum Gasteiger partial charge on any atom is -0.412 e. The maximum Gasteiger partial charge on any atom is 3.00 e. The Bertz CT molecular complexity index is 90.3. The molecule has 6 N–H and O–H groups in total. The van der Waals surface area contributed by atoms with E-state index in [0.29, 0.717) is 0 Å². The zero-order valence-corrected chi connectivity index (χ0v) is 36.8. The second kappa shape index (κ2) is 69.9. The standard InChI is InChI=1S/4C4H9.C2H5O2.CH3.2H2O.4U/c4*1-4(2)3;1-2(3)4;;;;;;;/h4*1-3H3;2-4H,1H2;1H3;2*1H2;;;;/q6*-1;;;;;+2;+3. The summed E-state index contributed by atoms with van der Waals surface area (Å²) in [6.45, 7) is 27.7. The van der Waals surface area contributed by atoms with Crippen LogP contribution in [0.4, 0.5) is 0 Å².